The van der Waals surface area contributed by atoms with Crippen LogP contribution in [0.3, 0.4) is 0 Å². The molecule has 1 heterocycles. The third-order valence-electron chi connectivity index (χ3n) is 4.81. The van der Waals surface area contributed by atoms with E-state index in [0.29, 0.717) is 31.8 Å². The zero-order valence-electron chi connectivity index (χ0n) is 14.8. The molecule has 2 aliphatic rings. The van der Waals surface area contributed by atoms with Gasteiger partial charge < -0.3 is 20.5 Å². The lowest BCUT2D eigenvalue weighted by Gasteiger charge is -2.27. The number of ether oxygens (including phenoxy) is 2. The number of halogens is 1. The second kappa shape index (κ2) is 10.9. The first-order chi connectivity index (χ1) is 11.8. The van der Waals surface area contributed by atoms with Gasteiger partial charge in [0.2, 0.25) is 0 Å². The van der Waals surface area contributed by atoms with Crippen molar-refractivity contribution in [1.29, 1.82) is 0 Å². The van der Waals surface area contributed by atoms with E-state index >= 15 is 0 Å². The van der Waals surface area contributed by atoms with Gasteiger partial charge in [0, 0.05) is 12.0 Å². The second-order valence-electron chi connectivity index (χ2n) is 6.62. The Morgan fingerprint density at radius 3 is 2.72 bits per heavy atom. The van der Waals surface area contributed by atoms with Gasteiger partial charge in [0.05, 0.1) is 31.9 Å². The minimum atomic E-state index is 0. The first kappa shape index (κ1) is 20.3. The summed E-state index contributed by atoms with van der Waals surface area (Å²) in [4.78, 5) is 4.42. The fraction of sp³-hybridized carbons (Fsp3) is 0.632. The maximum atomic E-state index is 6.05. The van der Waals surface area contributed by atoms with Crippen LogP contribution < -0.4 is 15.8 Å². The number of hydrogen-bond acceptors (Lipinski definition) is 3. The third-order valence-corrected chi connectivity index (χ3v) is 4.81. The van der Waals surface area contributed by atoms with Gasteiger partial charge in [-0.15, -0.1) is 24.0 Å². The molecule has 1 unspecified atom stereocenters. The van der Waals surface area contributed by atoms with Crippen LogP contribution >= 0.6 is 24.0 Å². The fourth-order valence-electron chi connectivity index (χ4n) is 3.51. The second-order valence-corrected chi connectivity index (χ2v) is 6.62. The predicted octanol–water partition coefficient (Wildman–Crippen LogP) is 3.77. The molecule has 25 heavy (non-hydrogen) atoms. The molecule has 0 amide bonds. The van der Waals surface area contributed by atoms with E-state index in [0.717, 1.165) is 17.7 Å². The largest absolute Gasteiger partial charge is 0.493 e. The third kappa shape index (κ3) is 6.33. The van der Waals surface area contributed by atoms with Crippen LogP contribution in [0, 0.1) is 0 Å². The summed E-state index contributed by atoms with van der Waals surface area (Å²) in [5.74, 6) is 1.42. The molecule has 1 atom stereocenters. The lowest BCUT2D eigenvalue weighted by Crippen LogP contribution is -2.37. The molecule has 1 saturated carbocycles. The average Bonchev–Trinajstić information content (AvgIpc) is 2.88. The molecule has 6 heteroatoms. The standard InChI is InChI=1S/C19H29N3O2.HI/c20-19(21-12-14-23-15-7-3-1-2-4-8-15)22-17-11-13-24-18-10-6-5-9-16(17)18;/h5-6,9-10,15,17H,1-4,7-8,11-14H2,(H3,20,21,22);1H. The normalized spacial score (nSPS) is 21.4. The number of fused-ring (bicyclic) bond motifs is 1. The maximum absolute atomic E-state index is 6.05. The molecule has 1 fully saturated rings. The number of para-hydroxylation sites is 1. The van der Waals surface area contributed by atoms with Crippen molar-refractivity contribution < 1.29 is 9.47 Å². The van der Waals surface area contributed by atoms with E-state index in [9.17, 15) is 0 Å². The Hall–Kier alpha value is -1.02. The minimum absolute atomic E-state index is 0. The molecule has 0 bridgehead atoms. The van der Waals surface area contributed by atoms with Crippen LogP contribution in [0.1, 0.15) is 56.6 Å². The summed E-state index contributed by atoms with van der Waals surface area (Å²) in [5, 5.41) is 3.32. The van der Waals surface area contributed by atoms with Gasteiger partial charge in [-0.3, -0.25) is 4.99 Å². The highest BCUT2D eigenvalue weighted by Crippen LogP contribution is 2.31. The van der Waals surface area contributed by atoms with Gasteiger partial charge in [-0.1, -0.05) is 43.9 Å². The highest BCUT2D eigenvalue weighted by Gasteiger charge is 2.21. The van der Waals surface area contributed by atoms with Gasteiger partial charge in [0.25, 0.3) is 0 Å². The first-order valence-corrected chi connectivity index (χ1v) is 9.23. The highest BCUT2D eigenvalue weighted by molar-refractivity contribution is 14.0. The molecule has 0 radical (unpaired) electrons. The Kier molecular flexibility index (Phi) is 8.81. The van der Waals surface area contributed by atoms with Gasteiger partial charge >= 0.3 is 0 Å². The van der Waals surface area contributed by atoms with Crippen LogP contribution in [0.2, 0.25) is 0 Å². The summed E-state index contributed by atoms with van der Waals surface area (Å²) in [6.07, 6.45) is 8.97. The van der Waals surface area contributed by atoms with Gasteiger partial charge in [-0.25, -0.2) is 0 Å². The van der Waals surface area contributed by atoms with Crippen LogP contribution in [0.25, 0.3) is 0 Å². The van der Waals surface area contributed by atoms with Crippen molar-refractivity contribution in [2.75, 3.05) is 19.8 Å². The number of nitrogens with zero attached hydrogens (tertiary/aromatic N) is 1. The van der Waals surface area contributed by atoms with Crippen LogP contribution in [0.15, 0.2) is 29.3 Å². The van der Waals surface area contributed by atoms with Crippen molar-refractivity contribution >= 4 is 29.9 Å². The summed E-state index contributed by atoms with van der Waals surface area (Å²) in [5.41, 5.74) is 7.20. The summed E-state index contributed by atoms with van der Waals surface area (Å²) >= 11 is 0. The summed E-state index contributed by atoms with van der Waals surface area (Å²) < 4.78 is 11.6. The molecule has 1 aromatic rings. The Bertz CT molecular complexity index is 545. The highest BCUT2D eigenvalue weighted by atomic mass is 127. The quantitative estimate of drug-likeness (QED) is 0.231. The number of benzene rings is 1. The Labute approximate surface area is 167 Å². The zero-order valence-corrected chi connectivity index (χ0v) is 17.1. The molecular weight excluding hydrogens is 429 g/mol. The molecule has 1 aromatic carbocycles. The van der Waals surface area contributed by atoms with Crippen LogP contribution in [0.5, 0.6) is 5.75 Å². The van der Waals surface area contributed by atoms with Crippen molar-refractivity contribution in [3.05, 3.63) is 29.8 Å². The molecule has 3 N–H and O–H groups in total. The summed E-state index contributed by atoms with van der Waals surface area (Å²) in [6, 6.07) is 8.26. The van der Waals surface area contributed by atoms with E-state index in [-0.39, 0.29) is 30.0 Å². The van der Waals surface area contributed by atoms with Crippen molar-refractivity contribution in [2.45, 2.75) is 57.1 Å². The molecule has 1 aliphatic heterocycles. The number of guanidine groups is 1. The number of rotatable bonds is 5. The maximum Gasteiger partial charge on any atom is 0.189 e. The monoisotopic (exact) mass is 459 g/mol. The summed E-state index contributed by atoms with van der Waals surface area (Å²) in [7, 11) is 0. The van der Waals surface area contributed by atoms with Crippen molar-refractivity contribution in [2.24, 2.45) is 10.7 Å². The van der Waals surface area contributed by atoms with Crippen LogP contribution in [0.4, 0.5) is 0 Å². The molecule has 140 valence electrons. The number of hydrogen-bond donors (Lipinski definition) is 2. The van der Waals surface area contributed by atoms with E-state index in [4.69, 9.17) is 15.2 Å². The van der Waals surface area contributed by atoms with E-state index in [1.165, 1.54) is 38.5 Å². The van der Waals surface area contributed by atoms with E-state index in [1.54, 1.807) is 0 Å². The van der Waals surface area contributed by atoms with Crippen molar-refractivity contribution in [3.8, 4) is 5.75 Å². The van der Waals surface area contributed by atoms with Gasteiger partial charge in [0.1, 0.15) is 5.75 Å². The summed E-state index contributed by atoms with van der Waals surface area (Å²) in [6.45, 7) is 1.96. The molecule has 0 aromatic heterocycles. The van der Waals surface area contributed by atoms with Gasteiger partial charge in [-0.05, 0) is 18.9 Å². The van der Waals surface area contributed by atoms with E-state index in [2.05, 4.69) is 16.4 Å². The Morgan fingerprint density at radius 1 is 1.16 bits per heavy atom. The smallest absolute Gasteiger partial charge is 0.189 e. The van der Waals surface area contributed by atoms with E-state index < -0.39 is 0 Å². The fourth-order valence-corrected chi connectivity index (χ4v) is 3.51. The minimum Gasteiger partial charge on any atom is -0.493 e. The van der Waals surface area contributed by atoms with E-state index in [1.807, 2.05) is 18.2 Å². The molecule has 1 aliphatic carbocycles. The van der Waals surface area contributed by atoms with Crippen LogP contribution in [-0.2, 0) is 4.74 Å². The lowest BCUT2D eigenvalue weighted by atomic mass is 10.0. The molecule has 0 spiro atoms. The topological polar surface area (TPSA) is 68.9 Å². The lowest BCUT2D eigenvalue weighted by molar-refractivity contribution is 0.0487. The number of nitrogens with one attached hydrogen (secondary N) is 1. The molecular formula is C19H30IN3O2. The molecule has 3 rings (SSSR count). The van der Waals surface area contributed by atoms with Crippen molar-refractivity contribution in [3.63, 3.8) is 0 Å². The average molecular weight is 459 g/mol. The zero-order chi connectivity index (χ0) is 16.6. The number of aliphatic imine (C=N–C) groups is 1. The first-order valence-electron chi connectivity index (χ1n) is 9.23. The number of nitrogens with two attached hydrogens (primary N) is 1. The molecule has 5 nitrogen and oxygen atoms in total. The predicted molar refractivity (Wildman–Crippen MR) is 112 cm³/mol. The van der Waals surface area contributed by atoms with Crippen LogP contribution in [-0.4, -0.2) is 31.8 Å². The van der Waals surface area contributed by atoms with Gasteiger partial charge in [0.15, 0.2) is 5.96 Å². The van der Waals surface area contributed by atoms with Gasteiger partial charge in [-0.2, -0.15) is 0 Å². The van der Waals surface area contributed by atoms with Crippen molar-refractivity contribution in [1.82, 2.24) is 5.32 Å². The SMILES string of the molecule is I.NC(=NCCOC1CCCCCC1)NC1CCOc2ccccc21. The molecule has 0 saturated heterocycles. The Morgan fingerprint density at radius 2 is 1.92 bits per heavy atom. The Balaban J connectivity index is 0.00000225.